The van der Waals surface area contributed by atoms with Crippen molar-refractivity contribution in [1.82, 2.24) is 15.5 Å². The third-order valence-electron chi connectivity index (χ3n) is 4.22. The summed E-state index contributed by atoms with van der Waals surface area (Å²) in [6.07, 6.45) is 0.587. The number of carbonyl (C=O) groups is 1. The van der Waals surface area contributed by atoms with Crippen molar-refractivity contribution in [3.8, 4) is 0 Å². The molecule has 0 radical (unpaired) electrons. The smallest absolute Gasteiger partial charge is 0.224 e. The second-order valence-electron chi connectivity index (χ2n) is 5.79. The average Bonchev–Trinajstić information content (AvgIpc) is 2.56. The molecule has 2 N–H and O–H groups in total. The Hall–Kier alpha value is -0.750. The van der Waals surface area contributed by atoms with Gasteiger partial charge >= 0.3 is 0 Å². The summed E-state index contributed by atoms with van der Waals surface area (Å²) in [5, 5.41) is 7.56. The highest BCUT2D eigenvalue weighted by molar-refractivity contribution is 7.99. The molecule has 2 aliphatic rings. The van der Waals surface area contributed by atoms with Crippen LogP contribution in [0.4, 0.5) is 0 Å². The first-order chi connectivity index (χ1) is 10.7. The quantitative estimate of drug-likeness (QED) is 0.883. The van der Waals surface area contributed by atoms with Crippen LogP contribution in [0.2, 0.25) is 5.02 Å². The second-order valence-corrected chi connectivity index (χ2v) is 7.38. The van der Waals surface area contributed by atoms with Gasteiger partial charge in [-0.1, -0.05) is 23.7 Å². The Morgan fingerprint density at radius 1 is 1.41 bits per heavy atom. The predicted molar refractivity (Wildman–Crippen MR) is 92.5 cm³/mol. The lowest BCUT2D eigenvalue weighted by Gasteiger charge is -2.37. The maximum Gasteiger partial charge on any atom is 0.224 e. The highest BCUT2D eigenvalue weighted by Gasteiger charge is 2.29. The molecular formula is C16H22ClN3OS. The molecule has 0 spiro atoms. The van der Waals surface area contributed by atoms with Crippen molar-refractivity contribution in [2.24, 2.45) is 0 Å². The number of benzene rings is 1. The molecule has 2 aliphatic heterocycles. The molecule has 0 saturated carbocycles. The van der Waals surface area contributed by atoms with E-state index in [1.165, 1.54) is 0 Å². The highest BCUT2D eigenvalue weighted by atomic mass is 35.5. The number of thioether (sulfide) groups is 1. The van der Waals surface area contributed by atoms with Gasteiger partial charge in [0.15, 0.2) is 0 Å². The van der Waals surface area contributed by atoms with Crippen LogP contribution in [-0.2, 0) is 4.79 Å². The Bertz CT molecular complexity index is 522. The van der Waals surface area contributed by atoms with Crippen molar-refractivity contribution in [2.45, 2.75) is 18.5 Å². The Kier molecular flexibility index (Phi) is 5.63. The number of piperazine rings is 1. The van der Waals surface area contributed by atoms with Crippen LogP contribution in [0.25, 0.3) is 0 Å². The minimum absolute atomic E-state index is 0.0798. The molecule has 22 heavy (non-hydrogen) atoms. The number of nitrogens with one attached hydrogen (secondary N) is 2. The summed E-state index contributed by atoms with van der Waals surface area (Å²) < 4.78 is 0. The summed E-state index contributed by atoms with van der Waals surface area (Å²) in [5.41, 5.74) is 1.11. The fourth-order valence-corrected chi connectivity index (χ4v) is 4.24. The van der Waals surface area contributed by atoms with E-state index in [0.29, 0.717) is 12.5 Å². The van der Waals surface area contributed by atoms with E-state index in [-0.39, 0.29) is 11.9 Å². The summed E-state index contributed by atoms with van der Waals surface area (Å²) in [6.45, 7) is 3.41. The maximum atomic E-state index is 12.8. The van der Waals surface area contributed by atoms with Crippen molar-refractivity contribution < 1.29 is 4.79 Å². The molecule has 3 rings (SSSR count). The van der Waals surface area contributed by atoms with E-state index in [9.17, 15) is 4.79 Å². The number of hydrogen-bond acceptors (Lipinski definition) is 4. The van der Waals surface area contributed by atoms with Gasteiger partial charge in [0.25, 0.3) is 0 Å². The maximum absolute atomic E-state index is 12.8. The van der Waals surface area contributed by atoms with Gasteiger partial charge in [-0.3, -0.25) is 4.79 Å². The standard InChI is InChI=1S/C16H22ClN3OS/c17-13-3-1-2-12(8-13)15-10-18-4-6-20(15)16(21)9-14-11-22-7-5-19-14/h1-3,8,14-15,18-19H,4-7,9-11H2. The SMILES string of the molecule is O=C(CC1CSCCN1)N1CCNCC1c1cccc(Cl)c1. The summed E-state index contributed by atoms with van der Waals surface area (Å²) in [6, 6.07) is 8.23. The zero-order valence-electron chi connectivity index (χ0n) is 12.6. The van der Waals surface area contributed by atoms with Gasteiger partial charge in [-0.2, -0.15) is 11.8 Å². The molecule has 1 aromatic rings. The zero-order chi connectivity index (χ0) is 15.4. The predicted octanol–water partition coefficient (Wildman–Crippen LogP) is 1.91. The van der Waals surface area contributed by atoms with Crippen LogP contribution in [0.1, 0.15) is 18.0 Å². The van der Waals surface area contributed by atoms with Gasteiger partial charge in [0.2, 0.25) is 5.91 Å². The third-order valence-corrected chi connectivity index (χ3v) is 5.58. The Balaban J connectivity index is 1.70. The first-order valence-corrected chi connectivity index (χ1v) is 9.34. The third kappa shape index (κ3) is 3.96. The molecular weight excluding hydrogens is 318 g/mol. The molecule has 2 unspecified atom stereocenters. The van der Waals surface area contributed by atoms with E-state index in [1.807, 2.05) is 34.9 Å². The Morgan fingerprint density at radius 2 is 2.32 bits per heavy atom. The molecule has 120 valence electrons. The Labute approximate surface area is 141 Å². The van der Waals surface area contributed by atoms with Crippen LogP contribution in [0, 0.1) is 0 Å². The first-order valence-electron chi connectivity index (χ1n) is 7.81. The molecule has 2 atom stereocenters. The molecule has 0 aliphatic carbocycles. The van der Waals surface area contributed by atoms with Gasteiger partial charge in [0, 0.05) is 55.2 Å². The molecule has 0 bridgehead atoms. The van der Waals surface area contributed by atoms with Crippen LogP contribution < -0.4 is 10.6 Å². The molecule has 1 amide bonds. The topological polar surface area (TPSA) is 44.4 Å². The Morgan fingerprint density at radius 3 is 3.09 bits per heavy atom. The van der Waals surface area contributed by atoms with E-state index in [2.05, 4.69) is 16.7 Å². The van der Waals surface area contributed by atoms with Gasteiger partial charge in [-0.05, 0) is 17.7 Å². The number of halogens is 1. The van der Waals surface area contributed by atoms with E-state index in [0.717, 1.165) is 48.3 Å². The lowest BCUT2D eigenvalue weighted by atomic mass is 10.0. The van der Waals surface area contributed by atoms with E-state index in [1.54, 1.807) is 0 Å². The number of carbonyl (C=O) groups excluding carboxylic acids is 1. The van der Waals surface area contributed by atoms with Crippen molar-refractivity contribution >= 4 is 29.3 Å². The minimum atomic E-state index is 0.0798. The van der Waals surface area contributed by atoms with Gasteiger partial charge in [0.05, 0.1) is 6.04 Å². The van der Waals surface area contributed by atoms with Crippen molar-refractivity contribution in [1.29, 1.82) is 0 Å². The van der Waals surface area contributed by atoms with Crippen molar-refractivity contribution in [2.75, 3.05) is 37.7 Å². The fourth-order valence-electron chi connectivity index (χ4n) is 3.09. The molecule has 2 fully saturated rings. The van der Waals surface area contributed by atoms with E-state index < -0.39 is 0 Å². The van der Waals surface area contributed by atoms with Gasteiger partial charge in [-0.25, -0.2) is 0 Å². The molecule has 4 nitrogen and oxygen atoms in total. The lowest BCUT2D eigenvalue weighted by molar-refractivity contribution is -0.135. The molecule has 2 saturated heterocycles. The van der Waals surface area contributed by atoms with E-state index >= 15 is 0 Å². The monoisotopic (exact) mass is 339 g/mol. The fraction of sp³-hybridized carbons (Fsp3) is 0.562. The van der Waals surface area contributed by atoms with Crippen LogP contribution >= 0.6 is 23.4 Å². The first kappa shape index (κ1) is 16.1. The number of nitrogens with zero attached hydrogens (tertiary/aromatic N) is 1. The van der Waals surface area contributed by atoms with Gasteiger partial charge in [-0.15, -0.1) is 0 Å². The van der Waals surface area contributed by atoms with Crippen LogP contribution in [0.5, 0.6) is 0 Å². The molecule has 2 heterocycles. The summed E-state index contributed by atoms with van der Waals surface area (Å²) in [4.78, 5) is 14.8. The molecule has 0 aromatic heterocycles. The summed E-state index contributed by atoms with van der Waals surface area (Å²) in [7, 11) is 0. The lowest BCUT2D eigenvalue weighted by Crippen LogP contribution is -2.50. The largest absolute Gasteiger partial charge is 0.333 e. The minimum Gasteiger partial charge on any atom is -0.333 e. The average molecular weight is 340 g/mol. The van der Waals surface area contributed by atoms with Crippen molar-refractivity contribution in [3.63, 3.8) is 0 Å². The van der Waals surface area contributed by atoms with Gasteiger partial charge < -0.3 is 15.5 Å². The zero-order valence-corrected chi connectivity index (χ0v) is 14.1. The second kappa shape index (κ2) is 7.68. The summed E-state index contributed by atoms with van der Waals surface area (Å²) >= 11 is 8.04. The summed E-state index contributed by atoms with van der Waals surface area (Å²) in [5.74, 6) is 2.41. The normalized spacial score (nSPS) is 26.0. The highest BCUT2D eigenvalue weighted by Crippen LogP contribution is 2.26. The van der Waals surface area contributed by atoms with Crippen LogP contribution in [0.3, 0.4) is 0 Å². The van der Waals surface area contributed by atoms with Gasteiger partial charge in [0.1, 0.15) is 0 Å². The molecule has 6 heteroatoms. The molecule has 1 aromatic carbocycles. The van der Waals surface area contributed by atoms with E-state index in [4.69, 9.17) is 11.6 Å². The van der Waals surface area contributed by atoms with Crippen molar-refractivity contribution in [3.05, 3.63) is 34.9 Å². The van der Waals surface area contributed by atoms with Crippen LogP contribution in [-0.4, -0.2) is 54.5 Å². The number of hydrogen-bond donors (Lipinski definition) is 2. The van der Waals surface area contributed by atoms with Crippen LogP contribution in [0.15, 0.2) is 24.3 Å². The number of rotatable bonds is 3. The number of amides is 1.